The fourth-order valence-corrected chi connectivity index (χ4v) is 2.45. The predicted octanol–water partition coefficient (Wildman–Crippen LogP) is 1.86. The van der Waals surface area contributed by atoms with E-state index in [2.05, 4.69) is 0 Å². The fraction of sp³-hybridized carbons (Fsp3) is 0.400. The molecular weight excluding hydrogens is 270 g/mol. The van der Waals surface area contributed by atoms with Crippen molar-refractivity contribution in [2.24, 2.45) is 0 Å². The molecule has 0 aromatic heterocycles. The Morgan fingerprint density at radius 3 is 2.81 bits per heavy atom. The summed E-state index contributed by atoms with van der Waals surface area (Å²) in [6.45, 7) is 1.76. The molecule has 21 heavy (non-hydrogen) atoms. The zero-order valence-corrected chi connectivity index (χ0v) is 12.0. The van der Waals surface area contributed by atoms with E-state index in [4.69, 9.17) is 5.26 Å². The number of para-hydroxylation sites is 1. The monoisotopic (exact) mass is 287 g/mol. The summed E-state index contributed by atoms with van der Waals surface area (Å²) in [5.41, 5.74) is 1.48. The van der Waals surface area contributed by atoms with Crippen molar-refractivity contribution in [3.8, 4) is 6.07 Å². The van der Waals surface area contributed by atoms with Crippen molar-refractivity contribution in [3.63, 3.8) is 0 Å². The van der Waals surface area contributed by atoms with Crippen LogP contribution < -0.4 is 4.90 Å². The molecule has 0 spiro atoms. The normalized spacial score (nSPS) is 17.8. The average Bonchev–Trinajstić information content (AvgIpc) is 2.85. The summed E-state index contributed by atoms with van der Waals surface area (Å²) in [5, 5.41) is 18.1. The number of carboxylic acid groups (broad SMARTS) is 1. The van der Waals surface area contributed by atoms with E-state index < -0.39 is 18.0 Å². The number of carbonyl (C=O) groups excluding carboxylic acids is 1. The second-order valence-electron chi connectivity index (χ2n) is 5.16. The van der Waals surface area contributed by atoms with E-state index in [0.717, 1.165) is 5.56 Å². The minimum Gasteiger partial charge on any atom is -0.480 e. The number of anilines is 1. The number of aliphatic carboxylic acids is 1. The van der Waals surface area contributed by atoms with Gasteiger partial charge in [-0.25, -0.2) is 9.59 Å². The smallest absolute Gasteiger partial charge is 0.327 e. The maximum atomic E-state index is 12.6. The molecule has 6 nitrogen and oxygen atoms in total. The highest BCUT2D eigenvalue weighted by Crippen LogP contribution is 2.33. The van der Waals surface area contributed by atoms with Crippen molar-refractivity contribution >= 4 is 17.7 Å². The van der Waals surface area contributed by atoms with Gasteiger partial charge in [-0.1, -0.05) is 18.2 Å². The van der Waals surface area contributed by atoms with Crippen molar-refractivity contribution in [2.75, 3.05) is 11.9 Å². The standard InChI is InChI=1S/C15H17N3O3/c1-10(7-8-16)17(2)15(21)18-12-6-4-3-5-11(12)9-13(18)14(19)20/h3-6,10,13H,7,9H2,1-2H3,(H,19,20)/t10?,13-/m0/s1. The van der Waals surface area contributed by atoms with Gasteiger partial charge in [0.1, 0.15) is 6.04 Å². The molecule has 1 heterocycles. The molecular formula is C15H17N3O3. The first-order valence-corrected chi connectivity index (χ1v) is 6.71. The van der Waals surface area contributed by atoms with Gasteiger partial charge in [-0.2, -0.15) is 5.26 Å². The number of carboxylic acids is 1. The number of benzene rings is 1. The van der Waals surface area contributed by atoms with E-state index in [9.17, 15) is 14.7 Å². The molecule has 1 unspecified atom stereocenters. The van der Waals surface area contributed by atoms with Crippen LogP contribution in [0.15, 0.2) is 24.3 Å². The zero-order valence-electron chi connectivity index (χ0n) is 12.0. The SMILES string of the molecule is CC(CC#N)N(C)C(=O)N1c2ccccc2C[C@H]1C(=O)O. The lowest BCUT2D eigenvalue weighted by atomic mass is 10.1. The van der Waals surface area contributed by atoms with Gasteiger partial charge in [0, 0.05) is 25.2 Å². The van der Waals surface area contributed by atoms with Crippen molar-refractivity contribution in [1.82, 2.24) is 4.90 Å². The van der Waals surface area contributed by atoms with E-state index in [0.29, 0.717) is 12.1 Å². The van der Waals surface area contributed by atoms with Gasteiger partial charge in [0.05, 0.1) is 12.5 Å². The van der Waals surface area contributed by atoms with Crippen LogP contribution in [-0.2, 0) is 11.2 Å². The van der Waals surface area contributed by atoms with Gasteiger partial charge in [0.25, 0.3) is 0 Å². The second-order valence-corrected chi connectivity index (χ2v) is 5.16. The maximum absolute atomic E-state index is 12.6. The summed E-state index contributed by atoms with van der Waals surface area (Å²) in [6, 6.07) is 7.64. The minimum atomic E-state index is -1.03. The lowest BCUT2D eigenvalue weighted by Crippen LogP contribution is -2.50. The van der Waals surface area contributed by atoms with Crippen molar-refractivity contribution < 1.29 is 14.7 Å². The van der Waals surface area contributed by atoms with E-state index in [1.165, 1.54) is 9.80 Å². The van der Waals surface area contributed by atoms with E-state index in [1.807, 2.05) is 18.2 Å². The predicted molar refractivity (Wildman–Crippen MR) is 76.9 cm³/mol. The number of fused-ring (bicyclic) bond motifs is 1. The van der Waals surface area contributed by atoms with Crippen molar-refractivity contribution in [3.05, 3.63) is 29.8 Å². The van der Waals surface area contributed by atoms with Crippen LogP contribution in [0.25, 0.3) is 0 Å². The van der Waals surface area contributed by atoms with Gasteiger partial charge in [0.15, 0.2) is 0 Å². The van der Waals surface area contributed by atoms with Crippen molar-refractivity contribution in [1.29, 1.82) is 5.26 Å². The van der Waals surface area contributed by atoms with Crippen LogP contribution in [0.5, 0.6) is 0 Å². The van der Waals surface area contributed by atoms with E-state index in [-0.39, 0.29) is 12.5 Å². The molecule has 0 aliphatic carbocycles. The lowest BCUT2D eigenvalue weighted by molar-refractivity contribution is -0.138. The van der Waals surface area contributed by atoms with Gasteiger partial charge >= 0.3 is 12.0 Å². The van der Waals surface area contributed by atoms with Gasteiger partial charge in [-0.15, -0.1) is 0 Å². The summed E-state index contributed by atoms with van der Waals surface area (Å²) in [5.74, 6) is -1.03. The first kappa shape index (κ1) is 14.9. The van der Waals surface area contributed by atoms with Crippen molar-refractivity contribution in [2.45, 2.75) is 31.8 Å². The van der Waals surface area contributed by atoms with Crippen LogP contribution in [0.3, 0.4) is 0 Å². The topological polar surface area (TPSA) is 84.6 Å². The molecule has 0 bridgehead atoms. The molecule has 0 saturated heterocycles. The Bertz CT molecular complexity index is 608. The Balaban J connectivity index is 2.33. The quantitative estimate of drug-likeness (QED) is 0.919. The fourth-order valence-electron chi connectivity index (χ4n) is 2.45. The third kappa shape index (κ3) is 2.68. The number of hydrogen-bond acceptors (Lipinski definition) is 3. The molecule has 0 radical (unpaired) electrons. The third-order valence-electron chi connectivity index (χ3n) is 3.82. The van der Waals surface area contributed by atoms with E-state index >= 15 is 0 Å². The number of rotatable bonds is 3. The number of urea groups is 1. The maximum Gasteiger partial charge on any atom is 0.327 e. The van der Waals surface area contributed by atoms with Crippen LogP contribution in [-0.4, -0.2) is 41.1 Å². The number of amides is 2. The molecule has 6 heteroatoms. The number of carbonyl (C=O) groups is 2. The third-order valence-corrected chi connectivity index (χ3v) is 3.82. The first-order valence-electron chi connectivity index (χ1n) is 6.71. The average molecular weight is 287 g/mol. The first-order chi connectivity index (χ1) is 9.97. The molecule has 1 aromatic carbocycles. The van der Waals surface area contributed by atoms with Gasteiger partial charge in [-0.05, 0) is 18.6 Å². The molecule has 2 rings (SSSR count). The number of hydrogen-bond donors (Lipinski definition) is 1. The van der Waals surface area contributed by atoms with Crippen LogP contribution in [0.4, 0.5) is 10.5 Å². The van der Waals surface area contributed by atoms with Gasteiger partial charge < -0.3 is 10.0 Å². The largest absolute Gasteiger partial charge is 0.480 e. The Hall–Kier alpha value is -2.55. The Labute approximate surface area is 123 Å². The number of nitriles is 1. The minimum absolute atomic E-state index is 0.204. The van der Waals surface area contributed by atoms with Crippen LogP contribution >= 0.6 is 0 Å². The Kier molecular flexibility index (Phi) is 4.13. The molecule has 2 atom stereocenters. The van der Waals surface area contributed by atoms with Crippen LogP contribution in [0.2, 0.25) is 0 Å². The Morgan fingerprint density at radius 2 is 2.19 bits per heavy atom. The summed E-state index contributed by atoms with van der Waals surface area (Å²) < 4.78 is 0. The lowest BCUT2D eigenvalue weighted by Gasteiger charge is -2.31. The summed E-state index contributed by atoms with van der Waals surface area (Å²) in [6.07, 6.45) is 0.507. The van der Waals surface area contributed by atoms with E-state index in [1.54, 1.807) is 26.1 Å². The molecule has 1 aliphatic heterocycles. The zero-order chi connectivity index (χ0) is 15.6. The second kappa shape index (κ2) is 5.83. The van der Waals surface area contributed by atoms with Gasteiger partial charge in [0.2, 0.25) is 0 Å². The number of nitrogens with zero attached hydrogens (tertiary/aromatic N) is 3. The molecule has 1 aromatic rings. The molecule has 1 N–H and O–H groups in total. The molecule has 2 amide bonds. The highest BCUT2D eigenvalue weighted by molar-refractivity contribution is 6.01. The highest BCUT2D eigenvalue weighted by atomic mass is 16.4. The summed E-state index contributed by atoms with van der Waals surface area (Å²) in [4.78, 5) is 26.8. The summed E-state index contributed by atoms with van der Waals surface area (Å²) in [7, 11) is 1.59. The summed E-state index contributed by atoms with van der Waals surface area (Å²) >= 11 is 0. The molecule has 110 valence electrons. The molecule has 1 aliphatic rings. The molecule has 0 fully saturated rings. The molecule has 0 saturated carbocycles. The Morgan fingerprint density at radius 1 is 1.52 bits per heavy atom. The van der Waals surface area contributed by atoms with Gasteiger partial charge in [-0.3, -0.25) is 4.90 Å². The van der Waals surface area contributed by atoms with Crippen LogP contribution in [0, 0.1) is 11.3 Å². The highest BCUT2D eigenvalue weighted by Gasteiger charge is 2.40. The van der Waals surface area contributed by atoms with Crippen LogP contribution in [0.1, 0.15) is 18.9 Å².